The van der Waals surface area contributed by atoms with Gasteiger partial charge in [-0.05, 0) is 57.6 Å². The highest BCUT2D eigenvalue weighted by Crippen LogP contribution is 2.34. The summed E-state index contributed by atoms with van der Waals surface area (Å²) in [7, 11) is 0. The average molecular weight is 381 g/mol. The number of fused-ring (bicyclic) bond motifs is 1. The molecule has 6 heteroatoms. The summed E-state index contributed by atoms with van der Waals surface area (Å²) in [6.07, 6.45) is 5.85. The van der Waals surface area contributed by atoms with Gasteiger partial charge in [-0.15, -0.1) is 0 Å². The molecular formula is C22H28FN5. The van der Waals surface area contributed by atoms with Crippen LogP contribution in [0.15, 0.2) is 23.2 Å². The third kappa shape index (κ3) is 3.75. The van der Waals surface area contributed by atoms with E-state index in [1.54, 1.807) is 0 Å². The Labute approximate surface area is 165 Å². The number of aromatic nitrogens is 2. The first-order valence-electron chi connectivity index (χ1n) is 10.6. The van der Waals surface area contributed by atoms with Crippen LogP contribution in [-0.4, -0.2) is 47.0 Å². The van der Waals surface area contributed by atoms with Crippen molar-refractivity contribution in [2.75, 3.05) is 18.4 Å². The number of rotatable bonds is 4. The summed E-state index contributed by atoms with van der Waals surface area (Å²) in [4.78, 5) is 14.6. The minimum atomic E-state index is -0.894. The molecule has 2 aliphatic carbocycles. The molecule has 1 aromatic carbocycles. The second kappa shape index (κ2) is 7.39. The molecule has 0 spiro atoms. The van der Waals surface area contributed by atoms with Crippen LogP contribution in [-0.2, 0) is 0 Å². The van der Waals surface area contributed by atoms with Gasteiger partial charge in [-0.2, -0.15) is 0 Å². The lowest BCUT2D eigenvalue weighted by Gasteiger charge is -2.24. The quantitative estimate of drug-likeness (QED) is 0.843. The van der Waals surface area contributed by atoms with Gasteiger partial charge >= 0.3 is 0 Å². The SMILES string of the molecule is Cc1ccc2nc(C3CCC(=NC4CC4)CC3)nc(N[C@H]3CNC[C@@H]3F)c2c1. The number of anilines is 1. The van der Waals surface area contributed by atoms with Crippen LogP contribution in [0.4, 0.5) is 10.2 Å². The van der Waals surface area contributed by atoms with Crippen molar-refractivity contribution in [2.45, 2.75) is 69.6 Å². The van der Waals surface area contributed by atoms with Gasteiger partial charge in [-0.3, -0.25) is 4.99 Å². The maximum atomic E-state index is 14.2. The highest BCUT2D eigenvalue weighted by atomic mass is 19.1. The maximum Gasteiger partial charge on any atom is 0.138 e. The summed E-state index contributed by atoms with van der Waals surface area (Å²) >= 11 is 0. The number of aliphatic imine (C=N–C) groups is 1. The van der Waals surface area contributed by atoms with Crippen molar-refractivity contribution in [2.24, 2.45) is 4.99 Å². The number of nitrogens with one attached hydrogen (secondary N) is 2. The van der Waals surface area contributed by atoms with Crippen molar-refractivity contribution in [3.8, 4) is 0 Å². The molecule has 2 heterocycles. The number of alkyl halides is 1. The van der Waals surface area contributed by atoms with Crippen LogP contribution < -0.4 is 10.6 Å². The smallest absolute Gasteiger partial charge is 0.138 e. The van der Waals surface area contributed by atoms with Crippen molar-refractivity contribution >= 4 is 22.4 Å². The van der Waals surface area contributed by atoms with E-state index in [9.17, 15) is 4.39 Å². The van der Waals surface area contributed by atoms with Gasteiger partial charge in [0.2, 0.25) is 0 Å². The zero-order chi connectivity index (χ0) is 19.1. The predicted octanol–water partition coefficient (Wildman–Crippen LogP) is 3.92. The average Bonchev–Trinajstić information content (AvgIpc) is 3.43. The molecule has 148 valence electrons. The molecule has 1 aromatic heterocycles. The largest absolute Gasteiger partial charge is 0.362 e. The van der Waals surface area contributed by atoms with Crippen molar-refractivity contribution in [1.82, 2.24) is 15.3 Å². The minimum Gasteiger partial charge on any atom is -0.362 e. The van der Waals surface area contributed by atoms with E-state index in [0.717, 1.165) is 53.8 Å². The van der Waals surface area contributed by atoms with E-state index in [1.165, 1.54) is 18.6 Å². The highest BCUT2D eigenvalue weighted by molar-refractivity contribution is 5.90. The van der Waals surface area contributed by atoms with Crippen molar-refractivity contribution in [3.05, 3.63) is 29.6 Å². The first-order chi connectivity index (χ1) is 13.7. The molecule has 0 unspecified atom stereocenters. The standard InChI is InChI=1S/C22H28FN5/c1-13-2-9-19-17(10-13)22(27-20-12-24-11-18(20)23)28-21(26-19)14-3-5-15(6-4-14)25-16-7-8-16/h2,9-10,14,16,18,20,24H,3-8,11-12H2,1H3,(H,26,27,28)/t14?,18-,20-/m0/s1. The number of hydrogen-bond donors (Lipinski definition) is 2. The van der Waals surface area contributed by atoms with Gasteiger partial charge in [0.05, 0.1) is 17.6 Å². The Hall–Kier alpha value is -2.08. The second-order valence-corrected chi connectivity index (χ2v) is 8.58. The number of hydrogen-bond acceptors (Lipinski definition) is 5. The third-order valence-electron chi connectivity index (χ3n) is 6.17. The summed E-state index contributed by atoms with van der Waals surface area (Å²) in [6.45, 7) is 3.09. The minimum absolute atomic E-state index is 0.241. The molecule has 3 aliphatic rings. The van der Waals surface area contributed by atoms with E-state index < -0.39 is 6.17 Å². The summed E-state index contributed by atoms with van der Waals surface area (Å²) in [6, 6.07) is 6.60. The molecule has 0 bridgehead atoms. The molecule has 28 heavy (non-hydrogen) atoms. The van der Waals surface area contributed by atoms with E-state index in [2.05, 4.69) is 35.8 Å². The topological polar surface area (TPSA) is 62.2 Å². The Kier molecular flexibility index (Phi) is 4.75. The summed E-state index contributed by atoms with van der Waals surface area (Å²) in [5.74, 6) is 2.02. The monoisotopic (exact) mass is 381 g/mol. The van der Waals surface area contributed by atoms with Gasteiger partial charge in [0.15, 0.2) is 0 Å². The zero-order valence-electron chi connectivity index (χ0n) is 16.4. The first-order valence-corrected chi connectivity index (χ1v) is 10.6. The maximum absolute atomic E-state index is 14.2. The molecule has 2 saturated carbocycles. The van der Waals surface area contributed by atoms with Crippen molar-refractivity contribution in [3.63, 3.8) is 0 Å². The lowest BCUT2D eigenvalue weighted by molar-refractivity contribution is 0.342. The zero-order valence-corrected chi connectivity index (χ0v) is 16.4. The van der Waals surface area contributed by atoms with E-state index in [1.807, 2.05) is 0 Å². The van der Waals surface area contributed by atoms with Gasteiger partial charge in [0.1, 0.15) is 17.8 Å². The van der Waals surface area contributed by atoms with E-state index >= 15 is 0 Å². The Balaban J connectivity index is 1.43. The molecule has 0 radical (unpaired) electrons. The molecule has 2 N–H and O–H groups in total. The fraction of sp³-hybridized carbons (Fsp3) is 0.591. The van der Waals surface area contributed by atoms with Crippen molar-refractivity contribution < 1.29 is 4.39 Å². The lowest BCUT2D eigenvalue weighted by atomic mass is 9.87. The van der Waals surface area contributed by atoms with Gasteiger partial charge in [0.25, 0.3) is 0 Å². The fourth-order valence-corrected chi connectivity index (χ4v) is 4.32. The Morgan fingerprint density at radius 2 is 1.93 bits per heavy atom. The lowest BCUT2D eigenvalue weighted by Crippen LogP contribution is -2.30. The van der Waals surface area contributed by atoms with Gasteiger partial charge in [-0.1, -0.05) is 11.6 Å². The molecule has 5 rings (SSSR count). The van der Waals surface area contributed by atoms with E-state index in [0.29, 0.717) is 25.0 Å². The molecule has 2 aromatic rings. The highest BCUT2D eigenvalue weighted by Gasteiger charge is 2.29. The van der Waals surface area contributed by atoms with E-state index in [-0.39, 0.29) is 6.04 Å². The Bertz CT molecular complexity index is 897. The molecule has 5 nitrogen and oxygen atoms in total. The van der Waals surface area contributed by atoms with Crippen LogP contribution in [0.2, 0.25) is 0 Å². The summed E-state index contributed by atoms with van der Waals surface area (Å²) < 4.78 is 14.2. The molecule has 0 amide bonds. The van der Waals surface area contributed by atoms with Crippen LogP contribution in [0.5, 0.6) is 0 Å². The van der Waals surface area contributed by atoms with Crippen LogP contribution in [0.3, 0.4) is 0 Å². The van der Waals surface area contributed by atoms with Gasteiger partial charge in [-0.25, -0.2) is 14.4 Å². The fourth-order valence-electron chi connectivity index (χ4n) is 4.32. The van der Waals surface area contributed by atoms with Crippen LogP contribution >= 0.6 is 0 Å². The van der Waals surface area contributed by atoms with Crippen LogP contribution in [0.1, 0.15) is 55.8 Å². The molecule has 1 aliphatic heterocycles. The second-order valence-electron chi connectivity index (χ2n) is 8.58. The molecule has 2 atom stereocenters. The van der Waals surface area contributed by atoms with Crippen LogP contribution in [0, 0.1) is 6.92 Å². The normalized spacial score (nSPS) is 27.9. The number of benzene rings is 1. The van der Waals surface area contributed by atoms with E-state index in [4.69, 9.17) is 15.0 Å². The number of aryl methyl sites for hydroxylation is 1. The van der Waals surface area contributed by atoms with Gasteiger partial charge in [0, 0.05) is 30.1 Å². The molecule has 3 fully saturated rings. The third-order valence-corrected chi connectivity index (χ3v) is 6.17. The Morgan fingerprint density at radius 3 is 2.64 bits per heavy atom. The first kappa shape index (κ1) is 18.0. The predicted molar refractivity (Wildman–Crippen MR) is 111 cm³/mol. The van der Waals surface area contributed by atoms with Gasteiger partial charge < -0.3 is 10.6 Å². The number of nitrogens with zero attached hydrogens (tertiary/aromatic N) is 3. The molecule has 1 saturated heterocycles. The Morgan fingerprint density at radius 1 is 1.11 bits per heavy atom. The summed E-state index contributed by atoms with van der Waals surface area (Å²) in [5, 5.41) is 7.46. The van der Waals surface area contributed by atoms with Crippen LogP contribution in [0.25, 0.3) is 10.9 Å². The number of halogens is 1. The molecular weight excluding hydrogens is 353 g/mol. The van der Waals surface area contributed by atoms with Crippen molar-refractivity contribution in [1.29, 1.82) is 0 Å². The summed E-state index contributed by atoms with van der Waals surface area (Å²) in [5.41, 5.74) is 3.48.